The van der Waals surface area contributed by atoms with Crippen molar-refractivity contribution < 1.29 is 26.9 Å². The fraction of sp³-hybridized carbons (Fsp3) is 0.250. The second-order valence-electron chi connectivity index (χ2n) is 4.07. The highest BCUT2D eigenvalue weighted by Crippen LogP contribution is 2.27. The number of amides is 1. The maximum absolute atomic E-state index is 12.7. The number of hydrogen-bond donors (Lipinski definition) is 1. The monoisotopic (exact) mass is 303 g/mol. The minimum Gasteiger partial charge on any atom is -0.329 e. The van der Waals surface area contributed by atoms with Crippen LogP contribution in [0.4, 0.5) is 23.2 Å². The first-order valence-electron chi connectivity index (χ1n) is 5.80. The third kappa shape index (κ3) is 4.26. The van der Waals surface area contributed by atoms with Gasteiger partial charge in [-0.25, -0.2) is 4.39 Å². The second-order valence-corrected chi connectivity index (χ2v) is 4.07. The van der Waals surface area contributed by atoms with Crippen molar-refractivity contribution in [3.05, 3.63) is 41.8 Å². The van der Waals surface area contributed by atoms with Crippen molar-refractivity contribution in [2.75, 3.05) is 5.32 Å². The van der Waals surface area contributed by atoms with E-state index < -0.39 is 23.8 Å². The van der Waals surface area contributed by atoms with Gasteiger partial charge < -0.3 is 9.84 Å². The summed E-state index contributed by atoms with van der Waals surface area (Å²) in [7, 11) is 0. The average molecular weight is 303 g/mol. The quantitative estimate of drug-likeness (QED) is 0.882. The summed E-state index contributed by atoms with van der Waals surface area (Å²) in [5.41, 5.74) is 0.380. The standard InChI is InChI=1S/C12H9F4N3O2/c13-7-1-3-8(4-2-7)17-10(20)6-5-9-18-11(21-19-9)12(14,15)16/h1-4H,5-6H2,(H,17,20). The lowest BCUT2D eigenvalue weighted by molar-refractivity contribution is -0.159. The number of nitrogens with zero attached hydrogens (tertiary/aromatic N) is 2. The molecule has 0 aliphatic carbocycles. The largest absolute Gasteiger partial charge is 0.471 e. The normalized spacial score (nSPS) is 11.4. The van der Waals surface area contributed by atoms with Crippen LogP contribution in [0.25, 0.3) is 0 Å². The van der Waals surface area contributed by atoms with Gasteiger partial charge in [-0.2, -0.15) is 18.2 Å². The highest BCUT2D eigenvalue weighted by atomic mass is 19.4. The molecular weight excluding hydrogens is 294 g/mol. The molecule has 112 valence electrons. The van der Waals surface area contributed by atoms with E-state index in [4.69, 9.17) is 0 Å². The second kappa shape index (κ2) is 5.90. The van der Waals surface area contributed by atoms with E-state index in [0.29, 0.717) is 5.69 Å². The summed E-state index contributed by atoms with van der Waals surface area (Å²) in [6, 6.07) is 5.07. The van der Waals surface area contributed by atoms with E-state index in [2.05, 4.69) is 20.0 Å². The van der Waals surface area contributed by atoms with E-state index in [1.54, 1.807) is 0 Å². The summed E-state index contributed by atoms with van der Waals surface area (Å²) in [6.07, 6.45) is -4.94. The van der Waals surface area contributed by atoms with Crippen molar-refractivity contribution in [3.8, 4) is 0 Å². The summed E-state index contributed by atoms with van der Waals surface area (Å²) < 4.78 is 53.3. The van der Waals surface area contributed by atoms with E-state index >= 15 is 0 Å². The van der Waals surface area contributed by atoms with Crippen LogP contribution in [0.5, 0.6) is 0 Å². The number of nitrogens with one attached hydrogen (secondary N) is 1. The van der Waals surface area contributed by atoms with Crippen molar-refractivity contribution in [1.29, 1.82) is 0 Å². The van der Waals surface area contributed by atoms with Crippen LogP contribution in [-0.2, 0) is 17.4 Å². The summed E-state index contributed by atoms with van der Waals surface area (Å²) in [5.74, 6) is -2.56. The number of aromatic nitrogens is 2. The maximum atomic E-state index is 12.7. The first-order chi connectivity index (χ1) is 9.84. The van der Waals surface area contributed by atoms with Crippen LogP contribution in [0.3, 0.4) is 0 Å². The zero-order chi connectivity index (χ0) is 15.5. The first-order valence-corrected chi connectivity index (χ1v) is 5.80. The molecule has 0 unspecified atom stereocenters. The molecule has 0 aliphatic heterocycles. The number of anilines is 1. The predicted octanol–water partition coefficient (Wildman–Crippen LogP) is 2.80. The van der Waals surface area contributed by atoms with Crippen molar-refractivity contribution >= 4 is 11.6 Å². The Hall–Kier alpha value is -2.45. The van der Waals surface area contributed by atoms with Gasteiger partial charge in [0.05, 0.1) is 0 Å². The lowest BCUT2D eigenvalue weighted by atomic mass is 10.2. The fourth-order valence-corrected chi connectivity index (χ4v) is 1.45. The minimum atomic E-state index is -4.71. The molecular formula is C12H9F4N3O2. The van der Waals surface area contributed by atoms with Gasteiger partial charge in [0.2, 0.25) is 5.91 Å². The molecule has 1 aromatic carbocycles. The van der Waals surface area contributed by atoms with Crippen LogP contribution in [0.1, 0.15) is 18.1 Å². The van der Waals surface area contributed by atoms with E-state index in [-0.39, 0.29) is 18.7 Å². The van der Waals surface area contributed by atoms with Crippen molar-refractivity contribution in [2.45, 2.75) is 19.0 Å². The summed E-state index contributed by atoms with van der Waals surface area (Å²) in [6.45, 7) is 0. The van der Waals surface area contributed by atoms with E-state index in [9.17, 15) is 22.4 Å². The van der Waals surface area contributed by atoms with Gasteiger partial charge in [0.15, 0.2) is 5.82 Å². The van der Waals surface area contributed by atoms with Gasteiger partial charge in [-0.05, 0) is 24.3 Å². The van der Waals surface area contributed by atoms with E-state index in [1.807, 2.05) is 0 Å². The Morgan fingerprint density at radius 2 is 1.90 bits per heavy atom. The Balaban J connectivity index is 1.86. The van der Waals surface area contributed by atoms with E-state index in [0.717, 1.165) is 0 Å². The van der Waals surface area contributed by atoms with Crippen molar-refractivity contribution in [3.63, 3.8) is 0 Å². The molecule has 1 N–H and O–H groups in total. The Kier molecular flexibility index (Phi) is 4.20. The highest BCUT2D eigenvalue weighted by molar-refractivity contribution is 5.90. The maximum Gasteiger partial charge on any atom is 0.471 e. The number of benzene rings is 1. The van der Waals surface area contributed by atoms with Gasteiger partial charge in [-0.1, -0.05) is 5.16 Å². The smallest absolute Gasteiger partial charge is 0.329 e. The lowest BCUT2D eigenvalue weighted by Crippen LogP contribution is -2.12. The Morgan fingerprint density at radius 3 is 2.48 bits per heavy atom. The number of alkyl halides is 3. The number of carbonyl (C=O) groups is 1. The molecule has 0 saturated carbocycles. The molecule has 2 rings (SSSR count). The van der Waals surface area contributed by atoms with Crippen LogP contribution >= 0.6 is 0 Å². The van der Waals surface area contributed by atoms with Gasteiger partial charge in [-0.15, -0.1) is 0 Å². The fourth-order valence-electron chi connectivity index (χ4n) is 1.45. The molecule has 0 saturated heterocycles. The van der Waals surface area contributed by atoms with Crippen molar-refractivity contribution in [1.82, 2.24) is 10.1 Å². The molecule has 2 aromatic rings. The molecule has 0 aliphatic rings. The zero-order valence-corrected chi connectivity index (χ0v) is 10.4. The molecule has 21 heavy (non-hydrogen) atoms. The SMILES string of the molecule is O=C(CCc1noc(C(F)(F)F)n1)Nc1ccc(F)cc1. The van der Waals surface area contributed by atoms with Gasteiger partial charge in [0.1, 0.15) is 5.82 Å². The molecule has 0 atom stereocenters. The molecule has 1 heterocycles. The molecule has 1 amide bonds. The molecule has 0 spiro atoms. The Labute approximate surface area is 116 Å². The molecule has 0 radical (unpaired) electrons. The molecule has 0 fully saturated rings. The van der Waals surface area contributed by atoms with Gasteiger partial charge >= 0.3 is 12.1 Å². The lowest BCUT2D eigenvalue weighted by Gasteiger charge is -2.03. The van der Waals surface area contributed by atoms with Gasteiger partial charge in [0, 0.05) is 18.5 Å². The number of hydrogen-bond acceptors (Lipinski definition) is 4. The van der Waals surface area contributed by atoms with Crippen LogP contribution in [-0.4, -0.2) is 16.0 Å². The molecule has 1 aromatic heterocycles. The predicted molar refractivity (Wildman–Crippen MR) is 62.7 cm³/mol. The number of rotatable bonds is 4. The number of aryl methyl sites for hydroxylation is 1. The number of carbonyl (C=O) groups excluding carboxylic acids is 1. The minimum absolute atomic E-state index is 0.105. The molecule has 9 heteroatoms. The average Bonchev–Trinajstić information content (AvgIpc) is 2.88. The zero-order valence-electron chi connectivity index (χ0n) is 10.4. The Bertz CT molecular complexity index is 622. The molecule has 5 nitrogen and oxygen atoms in total. The Morgan fingerprint density at radius 1 is 1.24 bits per heavy atom. The summed E-state index contributed by atoms with van der Waals surface area (Å²) in [4.78, 5) is 14.7. The summed E-state index contributed by atoms with van der Waals surface area (Å²) in [5, 5.41) is 5.60. The van der Waals surface area contributed by atoms with Crippen molar-refractivity contribution in [2.24, 2.45) is 0 Å². The van der Waals surface area contributed by atoms with Crippen LogP contribution in [0, 0.1) is 5.82 Å². The highest BCUT2D eigenvalue weighted by Gasteiger charge is 2.38. The molecule has 0 bridgehead atoms. The summed E-state index contributed by atoms with van der Waals surface area (Å²) >= 11 is 0. The topological polar surface area (TPSA) is 68.0 Å². The number of halogens is 4. The van der Waals surface area contributed by atoms with Crippen LogP contribution < -0.4 is 5.32 Å². The third-order valence-electron chi connectivity index (χ3n) is 2.41. The van der Waals surface area contributed by atoms with E-state index in [1.165, 1.54) is 24.3 Å². The van der Waals surface area contributed by atoms with Crippen LogP contribution in [0.2, 0.25) is 0 Å². The van der Waals surface area contributed by atoms with Gasteiger partial charge in [0.25, 0.3) is 0 Å². The first kappa shape index (κ1) is 14.9. The third-order valence-corrected chi connectivity index (χ3v) is 2.41. The van der Waals surface area contributed by atoms with Gasteiger partial charge in [-0.3, -0.25) is 4.79 Å². The van der Waals surface area contributed by atoms with Crippen LogP contribution in [0.15, 0.2) is 28.8 Å².